The minimum Gasteiger partial charge on any atom is -0.493 e. The maximum absolute atomic E-state index is 14.7. The molecule has 7 N–H and O–H groups in total. The summed E-state index contributed by atoms with van der Waals surface area (Å²) in [5.41, 5.74) is -6.15. The Bertz CT molecular complexity index is 1630. The number of cyclic esters (lactones) is 1. The minimum absolute atomic E-state index is 0.0581. The van der Waals surface area contributed by atoms with Crippen LogP contribution in [0.4, 0.5) is 4.39 Å². The van der Waals surface area contributed by atoms with Crippen molar-refractivity contribution in [2.24, 2.45) is 17.8 Å². The van der Waals surface area contributed by atoms with Crippen LogP contribution in [0, 0.1) is 23.6 Å². The molecule has 3 heterocycles. The highest BCUT2D eigenvalue weighted by Crippen LogP contribution is 2.43. The lowest BCUT2D eigenvalue weighted by Crippen LogP contribution is -2.70. The first-order valence-corrected chi connectivity index (χ1v) is 23.3. The van der Waals surface area contributed by atoms with Crippen LogP contribution in [0.2, 0.25) is 0 Å². The molecule has 4 rings (SSSR count). The number of carbonyl (C=O) groups is 1. The fourth-order valence-corrected chi connectivity index (χ4v) is 10.0. The first-order chi connectivity index (χ1) is 29.9. The van der Waals surface area contributed by atoms with Crippen LogP contribution >= 0.6 is 0 Å². The maximum Gasteiger partial charge on any atom is 0.311 e. The molecule has 370 valence electrons. The normalized spacial score (nSPS) is 43.1. The molecule has 1 aromatic rings. The van der Waals surface area contributed by atoms with Crippen LogP contribution in [0.25, 0.3) is 0 Å². The highest BCUT2D eigenvalue weighted by molar-refractivity contribution is 5.73. The fourth-order valence-electron chi connectivity index (χ4n) is 10.0. The van der Waals surface area contributed by atoms with E-state index in [1.165, 1.54) is 39.3 Å². The Morgan fingerprint density at radius 3 is 2.25 bits per heavy atom. The molecule has 0 amide bonds. The SMILES string of the molecule is CCCNC[C@]1(O)[C@H](C)O[C@@H](O[C@H]2[C@H](C)[C@@H](O[C@@H]3O[C@H](C)C[C@H](NC)[C@H]3Oc3cc(F)ccc3OC)[C@](C)(O)C[C@@H](C)CN[C@H](C)[C@@H](O)[C@](C)(O)[C@@H](CC)OC(=O)[C@@H]2C)C[C@@]1(C)OC. The third-order valence-corrected chi connectivity index (χ3v) is 14.1. The van der Waals surface area contributed by atoms with Gasteiger partial charge in [0.2, 0.25) is 0 Å². The van der Waals surface area contributed by atoms with Gasteiger partial charge in [-0.1, -0.05) is 27.7 Å². The smallest absolute Gasteiger partial charge is 0.311 e. The van der Waals surface area contributed by atoms with E-state index >= 15 is 0 Å². The quantitative estimate of drug-likeness (QED) is 0.105. The molecule has 3 aliphatic rings. The molecule has 0 unspecified atom stereocenters. The van der Waals surface area contributed by atoms with E-state index in [1.807, 2.05) is 27.7 Å². The van der Waals surface area contributed by atoms with Gasteiger partial charge in [-0.3, -0.25) is 4.79 Å². The van der Waals surface area contributed by atoms with Crippen molar-refractivity contribution < 1.29 is 67.5 Å². The molecule has 0 spiro atoms. The number of hydrogen-bond acceptors (Lipinski definition) is 16. The van der Waals surface area contributed by atoms with Crippen molar-refractivity contribution in [2.75, 3.05) is 40.9 Å². The molecule has 17 heteroatoms. The number of hydrogen-bond donors (Lipinski definition) is 7. The summed E-state index contributed by atoms with van der Waals surface area (Å²) in [5.74, 6) is -2.98. The van der Waals surface area contributed by atoms with Crippen molar-refractivity contribution in [1.82, 2.24) is 16.0 Å². The summed E-state index contributed by atoms with van der Waals surface area (Å²) in [6.07, 6.45) is -7.17. The molecule has 3 fully saturated rings. The summed E-state index contributed by atoms with van der Waals surface area (Å²) in [5, 5.41) is 58.2. The van der Waals surface area contributed by atoms with E-state index in [-0.39, 0.29) is 49.6 Å². The predicted octanol–water partition coefficient (Wildman–Crippen LogP) is 3.82. The standard InChI is InChI=1S/C47H82FN3O13/c1-15-19-50-25-47(56)31(8)60-37(23-45(47,10)58-14)63-38-28(5)41(64-43-39(33(49-12)20-27(4)59-43)61-35-21-32(48)17-18-34(35)57-13)44(9,54)22-26(3)24-51-30(7)40(52)46(11,55)36(16-2)62-42(53)29(38)6/h17-18,21,26-31,33,36-41,43,49-52,54-56H,15-16,19-20,22-25H2,1-14H3/t26-,27-,28+,29-,30-,31+,33+,36-,37+,38+,39-,40-,41-,43+,44-,45-,46-,47+/m1/s1. The van der Waals surface area contributed by atoms with E-state index < -0.39 is 101 Å². The molecule has 3 aliphatic heterocycles. The second kappa shape index (κ2) is 22.7. The number of methoxy groups -OCH3 is 2. The summed E-state index contributed by atoms with van der Waals surface area (Å²) in [4.78, 5) is 14.5. The van der Waals surface area contributed by atoms with E-state index in [1.54, 1.807) is 48.6 Å². The van der Waals surface area contributed by atoms with Gasteiger partial charge in [0.25, 0.3) is 0 Å². The summed E-state index contributed by atoms with van der Waals surface area (Å²) >= 11 is 0. The Labute approximate surface area is 380 Å². The zero-order chi connectivity index (χ0) is 47.9. The van der Waals surface area contributed by atoms with E-state index in [0.717, 1.165) is 6.42 Å². The van der Waals surface area contributed by atoms with Crippen LogP contribution in [-0.2, 0) is 33.2 Å². The van der Waals surface area contributed by atoms with Crippen molar-refractivity contribution in [2.45, 2.75) is 198 Å². The number of aliphatic hydroxyl groups is 4. The molecule has 0 aliphatic carbocycles. The van der Waals surface area contributed by atoms with Gasteiger partial charge < -0.3 is 74.3 Å². The number of aliphatic hydroxyl groups excluding tert-OH is 1. The van der Waals surface area contributed by atoms with Gasteiger partial charge in [-0.05, 0) is 112 Å². The van der Waals surface area contributed by atoms with Crippen molar-refractivity contribution in [3.63, 3.8) is 0 Å². The van der Waals surface area contributed by atoms with E-state index in [2.05, 4.69) is 16.0 Å². The lowest BCUT2D eigenvalue weighted by atomic mass is 9.75. The van der Waals surface area contributed by atoms with E-state index in [9.17, 15) is 29.6 Å². The van der Waals surface area contributed by atoms with Crippen molar-refractivity contribution >= 4 is 5.97 Å². The zero-order valence-corrected chi connectivity index (χ0v) is 40.8. The van der Waals surface area contributed by atoms with Gasteiger partial charge in [0, 0.05) is 38.1 Å². The number of rotatable bonds is 14. The lowest BCUT2D eigenvalue weighted by Gasteiger charge is -2.53. The van der Waals surface area contributed by atoms with Crippen LogP contribution < -0.4 is 25.4 Å². The molecular formula is C47H82FN3O13. The summed E-state index contributed by atoms with van der Waals surface area (Å²) in [7, 11) is 4.77. The topological polar surface area (TPSA) is 208 Å². The number of esters is 1. The van der Waals surface area contributed by atoms with Crippen LogP contribution in [0.1, 0.15) is 108 Å². The molecular weight excluding hydrogens is 834 g/mol. The first kappa shape index (κ1) is 54.3. The second-order valence-corrected chi connectivity index (χ2v) is 19.4. The molecule has 0 radical (unpaired) electrons. The molecule has 3 saturated heterocycles. The Hall–Kier alpha value is -2.26. The Kier molecular flexibility index (Phi) is 19.3. The van der Waals surface area contributed by atoms with Gasteiger partial charge in [0.05, 0.1) is 49.1 Å². The van der Waals surface area contributed by atoms with Gasteiger partial charge in [0.1, 0.15) is 34.8 Å². The number of carbonyl (C=O) groups excluding carboxylic acids is 1. The second-order valence-electron chi connectivity index (χ2n) is 19.4. The minimum atomic E-state index is -1.85. The number of halogens is 1. The van der Waals surface area contributed by atoms with Crippen molar-refractivity contribution in [1.29, 1.82) is 0 Å². The average Bonchev–Trinajstić information content (AvgIpc) is 3.24. The number of ether oxygens (including phenoxy) is 8. The number of likely N-dealkylation sites (N-methyl/N-ethyl adjacent to an activating group) is 1. The maximum atomic E-state index is 14.7. The van der Waals surface area contributed by atoms with E-state index in [0.29, 0.717) is 25.3 Å². The van der Waals surface area contributed by atoms with Crippen LogP contribution in [-0.4, -0.2) is 157 Å². The van der Waals surface area contributed by atoms with Gasteiger partial charge in [-0.25, -0.2) is 4.39 Å². The zero-order valence-electron chi connectivity index (χ0n) is 40.8. The summed E-state index contributed by atoms with van der Waals surface area (Å²) in [6.45, 7) is 20.7. The molecule has 0 bridgehead atoms. The fraction of sp³-hybridized carbons (Fsp3) is 0.851. The largest absolute Gasteiger partial charge is 0.493 e. The van der Waals surface area contributed by atoms with Crippen LogP contribution in [0.5, 0.6) is 11.5 Å². The monoisotopic (exact) mass is 916 g/mol. The van der Waals surface area contributed by atoms with Gasteiger partial charge in [0.15, 0.2) is 30.2 Å². The number of benzene rings is 1. The summed E-state index contributed by atoms with van der Waals surface area (Å²) in [6, 6.07) is 2.97. The van der Waals surface area contributed by atoms with Crippen molar-refractivity contribution in [3.8, 4) is 11.5 Å². The molecule has 18 atom stereocenters. The molecule has 0 saturated carbocycles. The molecule has 64 heavy (non-hydrogen) atoms. The van der Waals surface area contributed by atoms with Gasteiger partial charge >= 0.3 is 5.97 Å². The lowest BCUT2D eigenvalue weighted by molar-refractivity contribution is -0.335. The van der Waals surface area contributed by atoms with Crippen LogP contribution in [0.15, 0.2) is 18.2 Å². The van der Waals surface area contributed by atoms with Gasteiger partial charge in [-0.2, -0.15) is 0 Å². The highest BCUT2D eigenvalue weighted by atomic mass is 19.1. The average molecular weight is 916 g/mol. The van der Waals surface area contributed by atoms with Crippen molar-refractivity contribution in [3.05, 3.63) is 24.0 Å². The molecule has 16 nitrogen and oxygen atoms in total. The predicted molar refractivity (Wildman–Crippen MR) is 238 cm³/mol. The third kappa shape index (κ3) is 12.2. The van der Waals surface area contributed by atoms with E-state index in [4.69, 9.17) is 37.9 Å². The Balaban J connectivity index is 1.87. The first-order valence-electron chi connectivity index (χ1n) is 23.3. The number of nitrogens with one attached hydrogen (secondary N) is 3. The third-order valence-electron chi connectivity index (χ3n) is 14.1. The highest BCUT2D eigenvalue weighted by Gasteiger charge is 2.58. The van der Waals surface area contributed by atoms with Gasteiger partial charge in [-0.15, -0.1) is 0 Å². The Morgan fingerprint density at radius 2 is 1.64 bits per heavy atom. The summed E-state index contributed by atoms with van der Waals surface area (Å²) < 4.78 is 65.9. The molecule has 1 aromatic carbocycles. The van der Waals surface area contributed by atoms with Crippen LogP contribution in [0.3, 0.4) is 0 Å². The molecule has 0 aromatic heterocycles. The Morgan fingerprint density at radius 1 is 0.953 bits per heavy atom.